The van der Waals surface area contributed by atoms with Crippen LogP contribution in [-0.2, 0) is 9.84 Å². The second kappa shape index (κ2) is 5.93. The molecule has 0 aliphatic heterocycles. The standard InChI is InChI=1S/C15H15N5O2S/c1-23(21,22)13-4-2-3-12(14(13)15-17-19-20-18-15)11-7-5-10(9-16)6-8-11/h2-4,7,10H,5-6,8H2,1H3,(H,17,18,19,20). The molecule has 1 atom stereocenters. The summed E-state index contributed by atoms with van der Waals surface area (Å²) in [4.78, 5) is 0.180. The fourth-order valence-corrected chi connectivity index (χ4v) is 3.70. The normalized spacial score (nSPS) is 18.3. The van der Waals surface area contributed by atoms with Gasteiger partial charge in [0.25, 0.3) is 0 Å². The number of hydrogen-bond donors (Lipinski definition) is 1. The third-order valence-electron chi connectivity index (χ3n) is 3.93. The molecule has 8 heteroatoms. The molecule has 1 aliphatic rings. The number of sulfone groups is 1. The summed E-state index contributed by atoms with van der Waals surface area (Å²) in [7, 11) is -3.44. The lowest BCUT2D eigenvalue weighted by atomic mass is 9.85. The van der Waals surface area contributed by atoms with E-state index < -0.39 is 9.84 Å². The third kappa shape index (κ3) is 3.00. The van der Waals surface area contributed by atoms with Gasteiger partial charge >= 0.3 is 0 Å². The molecule has 0 spiro atoms. The Balaban J connectivity index is 2.19. The van der Waals surface area contributed by atoms with Crippen molar-refractivity contribution < 1.29 is 8.42 Å². The van der Waals surface area contributed by atoms with Crippen molar-refractivity contribution >= 4 is 15.4 Å². The fraction of sp³-hybridized carbons (Fsp3) is 0.333. The van der Waals surface area contributed by atoms with Crippen LogP contribution in [0.4, 0.5) is 0 Å². The molecular weight excluding hydrogens is 314 g/mol. The van der Waals surface area contributed by atoms with Crippen LogP contribution in [0.5, 0.6) is 0 Å². The second-order valence-electron chi connectivity index (χ2n) is 5.52. The van der Waals surface area contributed by atoms with Gasteiger partial charge in [0, 0.05) is 11.8 Å². The van der Waals surface area contributed by atoms with Gasteiger partial charge in [0.2, 0.25) is 5.82 Å². The van der Waals surface area contributed by atoms with Crippen molar-refractivity contribution in [2.45, 2.75) is 24.2 Å². The van der Waals surface area contributed by atoms with Crippen LogP contribution in [0.15, 0.2) is 29.2 Å². The Bertz CT molecular complexity index is 894. The maximum atomic E-state index is 12.1. The summed E-state index contributed by atoms with van der Waals surface area (Å²) < 4.78 is 24.3. The zero-order valence-corrected chi connectivity index (χ0v) is 13.3. The summed E-state index contributed by atoms with van der Waals surface area (Å²) >= 11 is 0. The van der Waals surface area contributed by atoms with E-state index in [2.05, 4.69) is 26.7 Å². The molecule has 118 valence electrons. The van der Waals surface area contributed by atoms with E-state index in [1.165, 1.54) is 0 Å². The lowest BCUT2D eigenvalue weighted by Crippen LogP contribution is -2.07. The molecule has 0 saturated heterocycles. The minimum Gasteiger partial charge on any atom is -0.224 e. The third-order valence-corrected chi connectivity index (χ3v) is 5.07. The number of aromatic amines is 1. The van der Waals surface area contributed by atoms with E-state index >= 15 is 0 Å². The van der Waals surface area contributed by atoms with Crippen LogP contribution in [0, 0.1) is 17.2 Å². The predicted molar refractivity (Wildman–Crippen MR) is 83.7 cm³/mol. The number of tetrazole rings is 1. The molecule has 7 nitrogen and oxygen atoms in total. The number of benzene rings is 1. The number of hydrogen-bond acceptors (Lipinski definition) is 6. The Labute approximate surface area is 134 Å². The van der Waals surface area contributed by atoms with Gasteiger partial charge in [-0.05, 0) is 41.7 Å². The number of nitrogens with zero attached hydrogens (tertiary/aromatic N) is 4. The topological polar surface area (TPSA) is 112 Å². The van der Waals surface area contributed by atoms with Crippen LogP contribution >= 0.6 is 0 Å². The van der Waals surface area contributed by atoms with Crippen molar-refractivity contribution in [3.05, 3.63) is 29.8 Å². The SMILES string of the molecule is CS(=O)(=O)c1cccc(C2=CCC(C#N)CC2)c1-c1nn[nH]n1. The van der Waals surface area contributed by atoms with Gasteiger partial charge in [0.15, 0.2) is 9.84 Å². The van der Waals surface area contributed by atoms with E-state index in [1.807, 2.05) is 12.1 Å². The van der Waals surface area contributed by atoms with Crippen LogP contribution in [-0.4, -0.2) is 35.3 Å². The lowest BCUT2D eigenvalue weighted by molar-refractivity contribution is 0.601. The molecule has 1 aliphatic carbocycles. The molecule has 0 saturated carbocycles. The zero-order valence-electron chi connectivity index (χ0n) is 12.5. The van der Waals surface area contributed by atoms with E-state index in [4.69, 9.17) is 5.26 Å². The van der Waals surface area contributed by atoms with Gasteiger partial charge < -0.3 is 0 Å². The zero-order chi connectivity index (χ0) is 16.4. The van der Waals surface area contributed by atoms with E-state index in [0.29, 0.717) is 12.0 Å². The largest absolute Gasteiger partial charge is 0.224 e. The molecule has 3 rings (SSSR count). The van der Waals surface area contributed by atoms with E-state index in [1.54, 1.807) is 12.1 Å². The van der Waals surface area contributed by atoms with Crippen molar-refractivity contribution in [2.24, 2.45) is 5.92 Å². The minimum absolute atomic E-state index is 0.0189. The molecule has 1 N–H and O–H groups in total. The van der Waals surface area contributed by atoms with Crippen molar-refractivity contribution in [1.82, 2.24) is 20.6 Å². The highest BCUT2D eigenvalue weighted by Crippen LogP contribution is 2.37. The Morgan fingerprint density at radius 1 is 1.39 bits per heavy atom. The number of nitrogens with one attached hydrogen (secondary N) is 1. The molecule has 1 heterocycles. The van der Waals surface area contributed by atoms with Gasteiger partial charge in [-0.25, -0.2) is 8.42 Å². The lowest BCUT2D eigenvalue weighted by Gasteiger charge is -2.19. The summed E-state index contributed by atoms with van der Waals surface area (Å²) in [6, 6.07) is 7.40. The van der Waals surface area contributed by atoms with Gasteiger partial charge in [-0.1, -0.05) is 18.2 Å². The Morgan fingerprint density at radius 2 is 2.22 bits per heavy atom. The van der Waals surface area contributed by atoms with Crippen molar-refractivity contribution in [2.75, 3.05) is 6.26 Å². The van der Waals surface area contributed by atoms with Crippen molar-refractivity contribution in [1.29, 1.82) is 5.26 Å². The number of allylic oxidation sites excluding steroid dienone is 2. The summed E-state index contributed by atoms with van der Waals surface area (Å²) in [6.45, 7) is 0. The highest BCUT2D eigenvalue weighted by molar-refractivity contribution is 7.90. The molecule has 1 unspecified atom stereocenters. The second-order valence-corrected chi connectivity index (χ2v) is 7.50. The van der Waals surface area contributed by atoms with Crippen LogP contribution < -0.4 is 0 Å². The van der Waals surface area contributed by atoms with Crippen LogP contribution in [0.25, 0.3) is 17.0 Å². The molecule has 0 fully saturated rings. The quantitative estimate of drug-likeness (QED) is 0.921. The van der Waals surface area contributed by atoms with E-state index in [-0.39, 0.29) is 16.6 Å². The van der Waals surface area contributed by atoms with E-state index in [0.717, 1.165) is 30.2 Å². The van der Waals surface area contributed by atoms with Gasteiger partial charge in [0.1, 0.15) is 0 Å². The Hall–Kier alpha value is -2.53. The van der Waals surface area contributed by atoms with E-state index in [9.17, 15) is 8.42 Å². The molecule has 0 amide bonds. The maximum absolute atomic E-state index is 12.1. The molecular formula is C15H15N5O2S. The number of aromatic nitrogens is 4. The summed E-state index contributed by atoms with van der Waals surface area (Å²) in [5.74, 6) is 0.273. The Morgan fingerprint density at radius 3 is 2.78 bits per heavy atom. The predicted octanol–water partition coefficient (Wildman–Crippen LogP) is 1.98. The van der Waals surface area contributed by atoms with Crippen LogP contribution in [0.2, 0.25) is 0 Å². The minimum atomic E-state index is -3.44. The van der Waals surface area contributed by atoms with Crippen molar-refractivity contribution in [3.63, 3.8) is 0 Å². The van der Waals surface area contributed by atoms with Crippen molar-refractivity contribution in [3.8, 4) is 17.5 Å². The monoisotopic (exact) mass is 329 g/mol. The molecule has 0 bridgehead atoms. The van der Waals surface area contributed by atoms with Gasteiger partial charge in [0.05, 0.1) is 16.9 Å². The molecule has 1 aromatic heterocycles. The highest BCUT2D eigenvalue weighted by Gasteiger charge is 2.24. The smallest absolute Gasteiger partial charge is 0.206 e. The first kappa shape index (κ1) is 15.4. The summed E-state index contributed by atoms with van der Waals surface area (Å²) in [5, 5.41) is 22.8. The first-order chi connectivity index (χ1) is 11.0. The fourth-order valence-electron chi connectivity index (χ4n) is 2.80. The van der Waals surface area contributed by atoms with Gasteiger partial charge in [-0.3, -0.25) is 0 Å². The number of rotatable bonds is 3. The molecule has 1 aromatic carbocycles. The first-order valence-corrected chi connectivity index (χ1v) is 9.05. The first-order valence-electron chi connectivity index (χ1n) is 7.16. The van der Waals surface area contributed by atoms with Crippen LogP contribution in [0.3, 0.4) is 0 Å². The molecule has 23 heavy (non-hydrogen) atoms. The average Bonchev–Trinajstić information content (AvgIpc) is 3.07. The van der Waals surface area contributed by atoms with Gasteiger partial charge in [-0.2, -0.15) is 10.5 Å². The summed E-state index contributed by atoms with van der Waals surface area (Å²) in [5.41, 5.74) is 2.26. The summed E-state index contributed by atoms with van der Waals surface area (Å²) in [6.07, 6.45) is 5.31. The van der Waals surface area contributed by atoms with Crippen LogP contribution in [0.1, 0.15) is 24.8 Å². The molecule has 0 radical (unpaired) electrons. The highest BCUT2D eigenvalue weighted by atomic mass is 32.2. The number of nitriles is 1. The Kier molecular flexibility index (Phi) is 3.96. The number of H-pyrrole nitrogens is 1. The molecule has 2 aromatic rings. The maximum Gasteiger partial charge on any atom is 0.206 e. The average molecular weight is 329 g/mol. The van der Waals surface area contributed by atoms with Gasteiger partial charge in [-0.15, -0.1) is 10.2 Å².